The molecule has 0 saturated heterocycles. The molecule has 0 aliphatic carbocycles. The van der Waals surface area contributed by atoms with Crippen LogP contribution in [0, 0.1) is 5.82 Å². The standard InChI is InChI=1S/C10H13ClFN/c1-7(13)2-3-8-4-5-9(12)6-10(8)11/h4-7H,2-3,13H2,1H3/t7-/m0/s1. The van der Waals surface area contributed by atoms with E-state index in [4.69, 9.17) is 17.3 Å². The Morgan fingerprint density at radius 2 is 2.23 bits per heavy atom. The molecule has 0 fully saturated rings. The molecule has 72 valence electrons. The lowest BCUT2D eigenvalue weighted by molar-refractivity contribution is 0.625. The van der Waals surface area contributed by atoms with E-state index in [-0.39, 0.29) is 11.9 Å². The van der Waals surface area contributed by atoms with Crippen molar-refractivity contribution in [2.45, 2.75) is 25.8 Å². The van der Waals surface area contributed by atoms with E-state index in [0.29, 0.717) is 5.02 Å². The molecular formula is C10H13ClFN. The molecule has 13 heavy (non-hydrogen) atoms. The zero-order valence-corrected chi connectivity index (χ0v) is 8.31. The third kappa shape index (κ3) is 3.33. The van der Waals surface area contributed by atoms with Gasteiger partial charge in [-0.05, 0) is 37.5 Å². The zero-order valence-electron chi connectivity index (χ0n) is 7.56. The van der Waals surface area contributed by atoms with Crippen molar-refractivity contribution in [1.29, 1.82) is 0 Å². The van der Waals surface area contributed by atoms with Gasteiger partial charge in [0, 0.05) is 11.1 Å². The number of halogens is 2. The topological polar surface area (TPSA) is 26.0 Å². The van der Waals surface area contributed by atoms with Crippen LogP contribution in [0.2, 0.25) is 5.02 Å². The molecule has 0 aromatic heterocycles. The third-order valence-electron chi connectivity index (χ3n) is 1.88. The largest absolute Gasteiger partial charge is 0.328 e. The molecule has 0 aliphatic heterocycles. The van der Waals surface area contributed by atoms with E-state index >= 15 is 0 Å². The van der Waals surface area contributed by atoms with Gasteiger partial charge in [0.2, 0.25) is 0 Å². The number of hydrogen-bond acceptors (Lipinski definition) is 1. The molecule has 0 saturated carbocycles. The van der Waals surface area contributed by atoms with Crippen LogP contribution in [0.4, 0.5) is 4.39 Å². The summed E-state index contributed by atoms with van der Waals surface area (Å²) in [6.45, 7) is 1.94. The lowest BCUT2D eigenvalue weighted by Gasteiger charge is -2.06. The van der Waals surface area contributed by atoms with Gasteiger partial charge in [0.25, 0.3) is 0 Å². The second-order valence-corrected chi connectivity index (χ2v) is 3.66. The third-order valence-corrected chi connectivity index (χ3v) is 2.24. The zero-order chi connectivity index (χ0) is 9.84. The van der Waals surface area contributed by atoms with Crippen LogP contribution in [0.5, 0.6) is 0 Å². The average molecular weight is 202 g/mol. The minimum Gasteiger partial charge on any atom is -0.328 e. The van der Waals surface area contributed by atoms with Gasteiger partial charge in [0.05, 0.1) is 0 Å². The van der Waals surface area contributed by atoms with Crippen LogP contribution in [-0.2, 0) is 6.42 Å². The molecule has 0 bridgehead atoms. The van der Waals surface area contributed by atoms with Crippen LogP contribution >= 0.6 is 11.6 Å². The quantitative estimate of drug-likeness (QED) is 0.800. The maximum Gasteiger partial charge on any atom is 0.124 e. The van der Waals surface area contributed by atoms with Gasteiger partial charge in [0.15, 0.2) is 0 Å². The highest BCUT2D eigenvalue weighted by Crippen LogP contribution is 2.18. The van der Waals surface area contributed by atoms with Crippen molar-refractivity contribution in [2.24, 2.45) is 5.73 Å². The fourth-order valence-corrected chi connectivity index (χ4v) is 1.37. The number of benzene rings is 1. The Kier molecular flexibility index (Phi) is 3.70. The predicted octanol–water partition coefficient (Wildman–Crippen LogP) is 2.76. The summed E-state index contributed by atoms with van der Waals surface area (Å²) in [6, 6.07) is 4.61. The van der Waals surface area contributed by atoms with Gasteiger partial charge < -0.3 is 5.73 Å². The van der Waals surface area contributed by atoms with Crippen molar-refractivity contribution < 1.29 is 4.39 Å². The van der Waals surface area contributed by atoms with E-state index in [2.05, 4.69) is 0 Å². The molecule has 0 radical (unpaired) electrons. The minimum absolute atomic E-state index is 0.154. The Balaban J connectivity index is 2.67. The molecule has 3 heteroatoms. The molecular weight excluding hydrogens is 189 g/mol. The highest BCUT2D eigenvalue weighted by Gasteiger charge is 2.02. The first kappa shape index (κ1) is 10.5. The summed E-state index contributed by atoms with van der Waals surface area (Å²) in [5, 5.41) is 0.487. The fraction of sp³-hybridized carbons (Fsp3) is 0.400. The Labute approximate surface area is 82.7 Å². The Hall–Kier alpha value is -0.600. The van der Waals surface area contributed by atoms with Crippen LogP contribution in [0.3, 0.4) is 0 Å². The summed E-state index contributed by atoms with van der Waals surface area (Å²) in [7, 11) is 0. The van der Waals surface area contributed by atoms with Gasteiger partial charge in [0.1, 0.15) is 5.82 Å². The molecule has 1 nitrogen and oxygen atoms in total. The van der Waals surface area contributed by atoms with E-state index in [0.717, 1.165) is 18.4 Å². The van der Waals surface area contributed by atoms with Crippen LogP contribution in [0.1, 0.15) is 18.9 Å². The summed E-state index contributed by atoms with van der Waals surface area (Å²) in [4.78, 5) is 0. The van der Waals surface area contributed by atoms with Gasteiger partial charge in [-0.15, -0.1) is 0 Å². The smallest absolute Gasteiger partial charge is 0.124 e. The maximum absolute atomic E-state index is 12.6. The van der Waals surface area contributed by atoms with Crippen LogP contribution < -0.4 is 5.73 Å². The second kappa shape index (κ2) is 4.58. The van der Waals surface area contributed by atoms with Crippen molar-refractivity contribution in [2.75, 3.05) is 0 Å². The Morgan fingerprint density at radius 1 is 1.54 bits per heavy atom. The van der Waals surface area contributed by atoms with E-state index in [1.165, 1.54) is 12.1 Å². The van der Waals surface area contributed by atoms with Crippen LogP contribution in [0.25, 0.3) is 0 Å². The lowest BCUT2D eigenvalue weighted by Crippen LogP contribution is -2.15. The lowest BCUT2D eigenvalue weighted by atomic mass is 10.1. The SMILES string of the molecule is C[C@H](N)CCc1ccc(F)cc1Cl. The van der Waals surface area contributed by atoms with Gasteiger partial charge in [-0.3, -0.25) is 0 Å². The predicted molar refractivity (Wildman–Crippen MR) is 53.4 cm³/mol. The van der Waals surface area contributed by atoms with Crippen molar-refractivity contribution >= 4 is 11.6 Å². The first-order chi connectivity index (χ1) is 6.09. The molecule has 1 rings (SSSR count). The van der Waals surface area contributed by atoms with E-state index in [1.54, 1.807) is 6.07 Å². The van der Waals surface area contributed by atoms with Gasteiger partial charge in [-0.1, -0.05) is 17.7 Å². The number of nitrogens with two attached hydrogens (primary N) is 1. The summed E-state index contributed by atoms with van der Waals surface area (Å²) in [5.74, 6) is -0.297. The molecule has 0 amide bonds. The van der Waals surface area contributed by atoms with Crippen molar-refractivity contribution in [1.82, 2.24) is 0 Å². The number of hydrogen-bond donors (Lipinski definition) is 1. The van der Waals surface area contributed by atoms with E-state index in [1.807, 2.05) is 6.92 Å². The highest BCUT2D eigenvalue weighted by atomic mass is 35.5. The second-order valence-electron chi connectivity index (χ2n) is 3.25. The van der Waals surface area contributed by atoms with Gasteiger partial charge in [-0.25, -0.2) is 4.39 Å². The van der Waals surface area contributed by atoms with E-state index < -0.39 is 0 Å². The van der Waals surface area contributed by atoms with Crippen LogP contribution in [0.15, 0.2) is 18.2 Å². The Bertz CT molecular complexity index is 286. The molecule has 1 atom stereocenters. The van der Waals surface area contributed by atoms with Crippen LogP contribution in [-0.4, -0.2) is 6.04 Å². The van der Waals surface area contributed by atoms with Crippen molar-refractivity contribution in [3.63, 3.8) is 0 Å². The first-order valence-corrected chi connectivity index (χ1v) is 4.67. The first-order valence-electron chi connectivity index (χ1n) is 4.29. The van der Waals surface area contributed by atoms with Gasteiger partial charge in [-0.2, -0.15) is 0 Å². The normalized spacial score (nSPS) is 12.9. The molecule has 0 spiro atoms. The molecule has 0 heterocycles. The number of rotatable bonds is 3. The maximum atomic E-state index is 12.6. The molecule has 0 aliphatic rings. The fourth-order valence-electron chi connectivity index (χ4n) is 1.11. The highest BCUT2D eigenvalue weighted by molar-refractivity contribution is 6.31. The summed E-state index contributed by atoms with van der Waals surface area (Å²) >= 11 is 5.83. The average Bonchev–Trinajstić information content (AvgIpc) is 2.02. The molecule has 2 N–H and O–H groups in total. The van der Waals surface area contributed by atoms with Gasteiger partial charge >= 0.3 is 0 Å². The number of aryl methyl sites for hydroxylation is 1. The summed E-state index contributed by atoms with van der Waals surface area (Å²) in [5.41, 5.74) is 6.56. The monoisotopic (exact) mass is 201 g/mol. The van der Waals surface area contributed by atoms with E-state index in [9.17, 15) is 4.39 Å². The minimum atomic E-state index is -0.297. The van der Waals surface area contributed by atoms with Crippen molar-refractivity contribution in [3.8, 4) is 0 Å². The Morgan fingerprint density at radius 3 is 2.77 bits per heavy atom. The molecule has 1 aromatic rings. The molecule has 1 aromatic carbocycles. The summed E-state index contributed by atoms with van der Waals surface area (Å²) in [6.07, 6.45) is 1.67. The summed E-state index contributed by atoms with van der Waals surface area (Å²) < 4.78 is 12.6. The van der Waals surface area contributed by atoms with Crippen molar-refractivity contribution in [3.05, 3.63) is 34.6 Å². The molecule has 0 unspecified atom stereocenters.